The summed E-state index contributed by atoms with van der Waals surface area (Å²) in [6.07, 6.45) is 1.58. The number of aryl methyl sites for hydroxylation is 2. The fourth-order valence-corrected chi connectivity index (χ4v) is 8.69. The summed E-state index contributed by atoms with van der Waals surface area (Å²) in [6.45, 7) is 13.6. The second-order valence-corrected chi connectivity index (χ2v) is 15.6. The van der Waals surface area contributed by atoms with Gasteiger partial charge in [-0.2, -0.15) is 9.40 Å². The number of H-pyrrole nitrogens is 1. The Balaban J connectivity index is 0.00000500. The first-order chi connectivity index (χ1) is 21.8. The molecule has 5 rings (SSSR count). The number of nitrogens with zero attached hydrogens (tertiary/aromatic N) is 5. The maximum Gasteiger partial charge on any atom is 0.248 e. The molecule has 4 heterocycles. The highest BCUT2D eigenvalue weighted by molar-refractivity contribution is 7.89. The third-order valence-electron chi connectivity index (χ3n) is 10.3. The zero-order valence-corrected chi connectivity index (χ0v) is 30.2. The Bertz CT molecular complexity index is 1480. The molecule has 0 radical (unpaired) electrons. The maximum atomic E-state index is 13.9. The van der Waals surface area contributed by atoms with Gasteiger partial charge in [0.25, 0.3) is 0 Å². The number of sulfonamides is 1. The highest BCUT2D eigenvalue weighted by Crippen LogP contribution is 2.40. The monoisotopic (exact) mass is 693 g/mol. The number of carbonyl (C=O) groups excluding carboxylic acids is 2. The van der Waals surface area contributed by atoms with Gasteiger partial charge in [0.15, 0.2) is 0 Å². The van der Waals surface area contributed by atoms with Crippen LogP contribution in [-0.2, 0) is 19.6 Å². The average molecular weight is 694 g/mol. The van der Waals surface area contributed by atoms with E-state index in [2.05, 4.69) is 32.2 Å². The van der Waals surface area contributed by atoms with Gasteiger partial charge in [-0.15, -0.1) is 12.4 Å². The van der Waals surface area contributed by atoms with E-state index in [4.69, 9.17) is 0 Å². The van der Waals surface area contributed by atoms with E-state index < -0.39 is 27.7 Å². The molecule has 2 amide bonds. The Morgan fingerprint density at radius 3 is 2.17 bits per heavy atom. The predicted octanol–water partition coefficient (Wildman–Crippen LogP) is 2.45. The number of aliphatic hydroxyl groups is 1. The standard InChI is InChI=1S/C33H51N7O5S.ClH/c1-7-8-15-40-31(42)28(30(41)22(2)3)34-32(43)33(40)13-16-38(17-14-33)29(27-23(4)35-36-24(27)5)25-9-11-26(12-10-25)46(44,45)39-20-18-37(6)19-21-39;/h9-12,22,28-30,41H,7-8,13-21H2,1-6H3,(H,34,43)(H,35,36);1H/t28-,29?,30-;/m1./s1. The number of unbranched alkanes of at least 4 members (excludes halogenated alkanes) is 1. The van der Waals surface area contributed by atoms with Crippen molar-refractivity contribution in [3.8, 4) is 0 Å². The van der Waals surface area contributed by atoms with Crippen LogP contribution in [0.1, 0.15) is 75.0 Å². The summed E-state index contributed by atoms with van der Waals surface area (Å²) in [6, 6.07) is 6.02. The molecule has 12 nitrogen and oxygen atoms in total. The third-order valence-corrected chi connectivity index (χ3v) is 12.2. The number of rotatable bonds is 10. The minimum atomic E-state index is -3.61. The number of likely N-dealkylation sites (N-methyl/N-ethyl adjacent to an activating group) is 1. The van der Waals surface area contributed by atoms with Gasteiger partial charge < -0.3 is 20.2 Å². The second kappa shape index (κ2) is 14.9. The van der Waals surface area contributed by atoms with E-state index in [0.717, 1.165) is 35.4 Å². The molecule has 1 unspecified atom stereocenters. The average Bonchev–Trinajstić information content (AvgIpc) is 3.37. The number of aromatic amines is 1. The molecule has 2 aromatic rings. The van der Waals surface area contributed by atoms with Crippen molar-refractivity contribution < 1.29 is 23.1 Å². The summed E-state index contributed by atoms with van der Waals surface area (Å²) in [7, 11) is -1.61. The molecule has 1 spiro atoms. The number of piperazine rings is 2. The van der Waals surface area contributed by atoms with Crippen molar-refractivity contribution in [3.05, 3.63) is 46.8 Å². The van der Waals surface area contributed by atoms with Crippen LogP contribution in [0, 0.1) is 19.8 Å². The van der Waals surface area contributed by atoms with Gasteiger partial charge >= 0.3 is 0 Å². The molecule has 3 saturated heterocycles. The number of aliphatic hydroxyl groups excluding tert-OH is 1. The number of halogens is 1. The molecule has 1 aromatic heterocycles. The van der Waals surface area contributed by atoms with E-state index in [1.54, 1.807) is 21.3 Å². The lowest BCUT2D eigenvalue weighted by Gasteiger charge is -2.53. The molecule has 14 heteroatoms. The number of carbonyl (C=O) groups is 2. The van der Waals surface area contributed by atoms with E-state index in [1.807, 2.05) is 46.9 Å². The largest absolute Gasteiger partial charge is 0.390 e. The first-order valence-corrected chi connectivity index (χ1v) is 18.1. The van der Waals surface area contributed by atoms with Crippen LogP contribution >= 0.6 is 12.4 Å². The SMILES string of the molecule is CCCCN1C(=O)[C@@H]([C@H](O)C(C)C)NC(=O)C12CCN(C(c1ccc(S(=O)(=O)N3CCN(C)CC3)cc1)c1c(C)n[nH]c1C)CC2.Cl. The number of amides is 2. The van der Waals surface area contributed by atoms with Crippen molar-refractivity contribution >= 4 is 34.2 Å². The normalized spacial score (nSPS) is 22.7. The lowest BCUT2D eigenvalue weighted by Crippen LogP contribution is -2.75. The van der Waals surface area contributed by atoms with E-state index in [9.17, 15) is 23.1 Å². The van der Waals surface area contributed by atoms with Gasteiger partial charge in [-0.1, -0.05) is 39.3 Å². The molecule has 3 aliphatic heterocycles. The van der Waals surface area contributed by atoms with Crippen LogP contribution in [0.4, 0.5) is 0 Å². The van der Waals surface area contributed by atoms with Crippen LogP contribution in [0.5, 0.6) is 0 Å². The summed E-state index contributed by atoms with van der Waals surface area (Å²) in [5.74, 6) is -0.584. The Labute approximate surface area is 285 Å². The van der Waals surface area contributed by atoms with Crippen molar-refractivity contribution in [2.45, 2.75) is 88.9 Å². The van der Waals surface area contributed by atoms with Gasteiger partial charge in [-0.3, -0.25) is 19.6 Å². The first-order valence-electron chi connectivity index (χ1n) is 16.7. The molecule has 3 atom stereocenters. The van der Waals surface area contributed by atoms with Crippen LogP contribution in [0.25, 0.3) is 0 Å². The Kier molecular flexibility index (Phi) is 11.8. The Hall–Kier alpha value is -2.55. The molecule has 3 aliphatic rings. The minimum Gasteiger partial charge on any atom is -0.390 e. The van der Waals surface area contributed by atoms with Crippen molar-refractivity contribution in [2.24, 2.45) is 5.92 Å². The van der Waals surface area contributed by atoms with Gasteiger partial charge in [0.05, 0.1) is 22.7 Å². The van der Waals surface area contributed by atoms with Gasteiger partial charge in [-0.25, -0.2) is 8.42 Å². The number of hydrogen-bond donors (Lipinski definition) is 3. The van der Waals surface area contributed by atoms with E-state index in [1.165, 1.54) is 0 Å². The number of hydrogen-bond acceptors (Lipinski definition) is 8. The Morgan fingerprint density at radius 2 is 1.64 bits per heavy atom. The van der Waals surface area contributed by atoms with Gasteiger partial charge in [0.1, 0.15) is 11.6 Å². The van der Waals surface area contributed by atoms with Crippen LogP contribution in [0.3, 0.4) is 0 Å². The summed E-state index contributed by atoms with van der Waals surface area (Å²) >= 11 is 0. The maximum absolute atomic E-state index is 13.9. The lowest BCUT2D eigenvalue weighted by atomic mass is 9.79. The molecule has 262 valence electrons. The van der Waals surface area contributed by atoms with Gasteiger partial charge in [0, 0.05) is 57.1 Å². The quantitative estimate of drug-likeness (QED) is 0.345. The number of nitrogens with one attached hydrogen (secondary N) is 2. The smallest absolute Gasteiger partial charge is 0.248 e. The summed E-state index contributed by atoms with van der Waals surface area (Å²) in [5, 5.41) is 21.3. The fraction of sp³-hybridized carbons (Fsp3) is 0.667. The number of piperidine rings is 1. The predicted molar refractivity (Wildman–Crippen MR) is 183 cm³/mol. The molecule has 0 bridgehead atoms. The van der Waals surface area contributed by atoms with Crippen molar-refractivity contribution in [3.63, 3.8) is 0 Å². The zero-order valence-electron chi connectivity index (χ0n) is 28.5. The first kappa shape index (κ1) is 37.3. The third kappa shape index (κ3) is 7.11. The van der Waals surface area contributed by atoms with Crippen LogP contribution in [0.15, 0.2) is 29.2 Å². The molecular formula is C33H52ClN7O5S. The van der Waals surface area contributed by atoms with Crippen molar-refractivity contribution in [2.75, 3.05) is 52.9 Å². The highest BCUT2D eigenvalue weighted by Gasteiger charge is 2.55. The molecular weight excluding hydrogens is 642 g/mol. The summed E-state index contributed by atoms with van der Waals surface area (Å²) in [4.78, 5) is 34.2. The molecule has 0 saturated carbocycles. The van der Waals surface area contributed by atoms with E-state index >= 15 is 0 Å². The lowest BCUT2D eigenvalue weighted by molar-refractivity contribution is -0.165. The molecule has 1 aromatic carbocycles. The highest BCUT2D eigenvalue weighted by atomic mass is 35.5. The van der Waals surface area contributed by atoms with Gasteiger partial charge in [0.2, 0.25) is 21.8 Å². The molecule has 47 heavy (non-hydrogen) atoms. The molecule has 0 aliphatic carbocycles. The summed E-state index contributed by atoms with van der Waals surface area (Å²) in [5.41, 5.74) is 2.77. The van der Waals surface area contributed by atoms with E-state index in [0.29, 0.717) is 58.7 Å². The number of likely N-dealkylation sites (tertiary alicyclic amines) is 1. The minimum absolute atomic E-state index is 0. The Morgan fingerprint density at radius 1 is 1.02 bits per heavy atom. The number of aromatic nitrogens is 2. The topological polar surface area (TPSA) is 142 Å². The van der Waals surface area contributed by atoms with Crippen LogP contribution in [0.2, 0.25) is 0 Å². The zero-order chi connectivity index (χ0) is 33.4. The second-order valence-electron chi connectivity index (χ2n) is 13.6. The van der Waals surface area contributed by atoms with Crippen molar-refractivity contribution in [1.29, 1.82) is 0 Å². The number of benzene rings is 1. The summed E-state index contributed by atoms with van der Waals surface area (Å²) < 4.78 is 28.4. The van der Waals surface area contributed by atoms with Crippen LogP contribution < -0.4 is 5.32 Å². The molecule has 3 N–H and O–H groups in total. The fourth-order valence-electron chi connectivity index (χ4n) is 7.27. The van der Waals surface area contributed by atoms with E-state index in [-0.39, 0.29) is 41.1 Å². The molecule has 3 fully saturated rings. The van der Waals surface area contributed by atoms with Gasteiger partial charge in [-0.05, 0) is 63.8 Å². The van der Waals surface area contributed by atoms with Crippen LogP contribution in [-0.4, -0.2) is 125 Å². The van der Waals surface area contributed by atoms with Crippen molar-refractivity contribution in [1.82, 2.24) is 34.5 Å².